The van der Waals surface area contributed by atoms with Gasteiger partial charge in [0.2, 0.25) is 0 Å². The predicted octanol–water partition coefficient (Wildman–Crippen LogP) is 2.30. The summed E-state index contributed by atoms with van der Waals surface area (Å²) in [4.78, 5) is 0. The maximum atomic E-state index is 7.48. The number of rotatable bonds is 0. The van der Waals surface area contributed by atoms with Gasteiger partial charge >= 0.3 is 0 Å². The standard InChI is InChI=1S/C8H10/c1-7-3-5-8(2)6-4-7/h3-6H,1-2H3/i1D3,3D,4D,5D,6D. The Morgan fingerprint density at radius 3 is 2.25 bits per heavy atom. The van der Waals surface area contributed by atoms with Crippen LogP contribution in [0, 0.1) is 13.8 Å². The molecule has 0 aromatic heterocycles. The van der Waals surface area contributed by atoms with Crippen LogP contribution >= 0.6 is 0 Å². The lowest BCUT2D eigenvalue weighted by molar-refractivity contribution is 1.40. The molecule has 1 aromatic rings. The van der Waals surface area contributed by atoms with Gasteiger partial charge in [-0.15, -0.1) is 0 Å². The minimum atomic E-state index is -2.62. The summed E-state index contributed by atoms with van der Waals surface area (Å²) in [5, 5.41) is 0. The number of hydrogen-bond donors (Lipinski definition) is 0. The Bertz CT molecular complexity index is 375. The first-order valence-electron chi connectivity index (χ1n) is 5.75. The van der Waals surface area contributed by atoms with E-state index in [-0.39, 0.29) is 17.6 Å². The van der Waals surface area contributed by atoms with Crippen molar-refractivity contribution in [3.63, 3.8) is 0 Å². The highest BCUT2D eigenvalue weighted by molar-refractivity contribution is 5.19. The van der Waals surface area contributed by atoms with Gasteiger partial charge in [-0.25, -0.2) is 0 Å². The molecule has 1 aromatic carbocycles. The van der Waals surface area contributed by atoms with Gasteiger partial charge in [-0.1, -0.05) is 35.3 Å². The summed E-state index contributed by atoms with van der Waals surface area (Å²) in [6.07, 6.45) is 0. The molecule has 8 heavy (non-hydrogen) atoms. The van der Waals surface area contributed by atoms with Crippen molar-refractivity contribution in [2.75, 3.05) is 0 Å². The molecule has 42 valence electrons. The van der Waals surface area contributed by atoms with Gasteiger partial charge in [0.15, 0.2) is 0 Å². The van der Waals surface area contributed by atoms with E-state index in [2.05, 4.69) is 0 Å². The van der Waals surface area contributed by atoms with Crippen LogP contribution in [0.15, 0.2) is 24.2 Å². The van der Waals surface area contributed by atoms with Crippen molar-refractivity contribution >= 4 is 0 Å². The molecule has 0 aliphatic carbocycles. The summed E-state index contributed by atoms with van der Waals surface area (Å²) >= 11 is 0. The molecule has 0 heteroatoms. The minimum absolute atomic E-state index is 0.165. The van der Waals surface area contributed by atoms with E-state index in [1.807, 2.05) is 0 Å². The SMILES string of the molecule is [2H]c1c([2H])c(C([2H])([2H])[2H])c([2H])c([2H])c1C. The van der Waals surface area contributed by atoms with E-state index >= 15 is 0 Å². The second-order valence-corrected chi connectivity index (χ2v) is 1.50. The molecule has 0 atom stereocenters. The van der Waals surface area contributed by atoms with E-state index in [9.17, 15) is 0 Å². The van der Waals surface area contributed by atoms with Gasteiger partial charge in [-0.05, 0) is 13.8 Å². The number of hydrogen-bond acceptors (Lipinski definition) is 0. The maximum absolute atomic E-state index is 7.48. The van der Waals surface area contributed by atoms with Crippen LogP contribution in [0.3, 0.4) is 0 Å². The lowest BCUT2D eigenvalue weighted by Crippen LogP contribution is -1.70. The van der Waals surface area contributed by atoms with Crippen LogP contribution in [0.4, 0.5) is 0 Å². The Balaban J connectivity index is 3.68. The summed E-state index contributed by atoms with van der Waals surface area (Å²) < 4.78 is 51.3. The molecule has 0 heterocycles. The molecular formula is C8H10. The van der Waals surface area contributed by atoms with Gasteiger partial charge in [0, 0.05) is 4.11 Å². The van der Waals surface area contributed by atoms with E-state index in [4.69, 9.17) is 9.60 Å². The zero-order valence-corrected chi connectivity index (χ0v) is 4.50. The molecule has 0 aliphatic heterocycles. The van der Waals surface area contributed by atoms with Gasteiger partial charge in [0.05, 0.1) is 5.48 Å². The van der Waals surface area contributed by atoms with Gasteiger partial charge in [0.25, 0.3) is 0 Å². The van der Waals surface area contributed by atoms with E-state index in [0.717, 1.165) is 0 Å². The van der Waals surface area contributed by atoms with E-state index in [1.54, 1.807) is 0 Å². The average Bonchev–Trinajstić information content (AvgIpc) is 2.09. The van der Waals surface area contributed by atoms with Crippen molar-refractivity contribution < 1.29 is 9.60 Å². The van der Waals surface area contributed by atoms with Crippen LogP contribution in [0.5, 0.6) is 0 Å². The molecule has 0 spiro atoms. The van der Waals surface area contributed by atoms with Crippen molar-refractivity contribution in [1.29, 1.82) is 0 Å². The second kappa shape index (κ2) is 1.99. The molecule has 0 aliphatic rings. The van der Waals surface area contributed by atoms with E-state index in [0.29, 0.717) is 0 Å². The highest BCUT2D eigenvalue weighted by Crippen LogP contribution is 1.99. The van der Waals surface area contributed by atoms with Crippen LogP contribution < -0.4 is 0 Å². The summed E-state index contributed by atoms with van der Waals surface area (Å²) in [6.45, 7) is -1.18. The van der Waals surface area contributed by atoms with Crippen LogP contribution in [0.25, 0.3) is 0 Å². The van der Waals surface area contributed by atoms with Gasteiger partial charge in [0.1, 0.15) is 0 Å². The third-order valence-electron chi connectivity index (χ3n) is 0.750. The first-order valence-corrected chi connectivity index (χ1v) is 2.25. The smallest absolute Gasteiger partial charge is 0.0591 e. The molecule has 0 amide bonds. The largest absolute Gasteiger partial charge is 0.0626 e. The van der Waals surface area contributed by atoms with E-state index < -0.39 is 24.5 Å². The van der Waals surface area contributed by atoms with Gasteiger partial charge < -0.3 is 0 Å². The lowest BCUT2D eigenvalue weighted by Gasteiger charge is -1.90. The second-order valence-electron chi connectivity index (χ2n) is 1.50. The van der Waals surface area contributed by atoms with Gasteiger partial charge in [-0.3, -0.25) is 0 Å². The molecule has 0 unspecified atom stereocenters. The fraction of sp³-hybridized carbons (Fsp3) is 0.250. The van der Waals surface area contributed by atoms with Crippen molar-refractivity contribution in [2.45, 2.75) is 13.8 Å². The van der Waals surface area contributed by atoms with Crippen LogP contribution in [-0.2, 0) is 0 Å². The molecule has 1 rings (SSSR count). The highest BCUT2D eigenvalue weighted by atomic mass is 13.9. The molecule has 0 N–H and O–H groups in total. The molecule has 0 saturated heterocycles. The normalized spacial score (nSPS) is 23.4. The van der Waals surface area contributed by atoms with Crippen molar-refractivity contribution in [3.05, 3.63) is 35.3 Å². The fourth-order valence-corrected chi connectivity index (χ4v) is 0.375. The first kappa shape index (κ1) is 1.38. The van der Waals surface area contributed by atoms with Crippen molar-refractivity contribution in [1.82, 2.24) is 0 Å². The molecule has 0 saturated carbocycles. The molecule has 0 radical (unpaired) electrons. The molecule has 0 bridgehead atoms. The Kier molecular flexibility index (Phi) is 0.344. The van der Waals surface area contributed by atoms with Gasteiger partial charge in [-0.2, -0.15) is 0 Å². The highest BCUT2D eigenvalue weighted by Gasteiger charge is 1.79. The first-order chi connectivity index (χ1) is 6.68. The lowest BCUT2D eigenvalue weighted by atomic mass is 10.2. The maximum Gasteiger partial charge on any atom is 0.0626 e. The van der Waals surface area contributed by atoms with Crippen LogP contribution in [-0.4, -0.2) is 0 Å². The van der Waals surface area contributed by atoms with Crippen LogP contribution in [0.1, 0.15) is 20.7 Å². The Morgan fingerprint density at radius 2 is 1.75 bits per heavy atom. The zero-order valence-electron chi connectivity index (χ0n) is 11.5. The zero-order chi connectivity index (χ0) is 12.0. The Morgan fingerprint density at radius 1 is 1.25 bits per heavy atom. The summed E-state index contributed by atoms with van der Waals surface area (Å²) in [6, 6.07) is -1.54. The van der Waals surface area contributed by atoms with Crippen molar-refractivity contribution in [2.24, 2.45) is 0 Å². The van der Waals surface area contributed by atoms with Crippen molar-refractivity contribution in [3.8, 4) is 0 Å². The third-order valence-corrected chi connectivity index (χ3v) is 0.750. The molecule has 0 fully saturated rings. The predicted molar refractivity (Wildman–Crippen MR) is 35.9 cm³/mol. The monoisotopic (exact) mass is 113 g/mol. The topological polar surface area (TPSA) is 0 Å². The molecular weight excluding hydrogens is 96.1 g/mol. The quantitative estimate of drug-likeness (QED) is 0.484. The molecule has 0 nitrogen and oxygen atoms in total. The van der Waals surface area contributed by atoms with Crippen LogP contribution in [0.2, 0.25) is 0 Å². The summed E-state index contributed by atoms with van der Waals surface area (Å²) in [5.74, 6) is 0. The average molecular weight is 113 g/mol. The number of benzene rings is 1. The summed E-state index contributed by atoms with van der Waals surface area (Å²) in [7, 11) is 0. The third kappa shape index (κ3) is 1.09. The summed E-state index contributed by atoms with van der Waals surface area (Å²) in [5.41, 5.74) is -0.346. The fourth-order valence-electron chi connectivity index (χ4n) is 0.375. The minimum Gasteiger partial charge on any atom is -0.0591 e. The Labute approximate surface area is 60.0 Å². The Hall–Kier alpha value is -0.780. The van der Waals surface area contributed by atoms with E-state index in [1.165, 1.54) is 6.92 Å².